The Morgan fingerprint density at radius 2 is 2.00 bits per heavy atom. The quantitative estimate of drug-likeness (QED) is 0.649. The molecule has 2 amide bonds. The number of ether oxygens (including phenoxy) is 1. The molecule has 0 saturated heterocycles. The molecule has 1 aromatic heterocycles. The number of fused-ring (bicyclic) bond motifs is 1. The molecule has 1 aliphatic heterocycles. The Kier molecular flexibility index (Phi) is 5.27. The number of hydrogen-bond acceptors (Lipinski definition) is 7. The first-order chi connectivity index (χ1) is 14.3. The predicted molar refractivity (Wildman–Crippen MR) is 112 cm³/mol. The molecule has 3 aromatic rings. The van der Waals surface area contributed by atoms with Gasteiger partial charge in [-0.05, 0) is 37.3 Å². The third kappa shape index (κ3) is 4.05. The van der Waals surface area contributed by atoms with Crippen LogP contribution in [0.5, 0.6) is 5.75 Å². The summed E-state index contributed by atoms with van der Waals surface area (Å²) >= 11 is 1.44. The summed E-state index contributed by atoms with van der Waals surface area (Å²) in [6, 6.07) is 11.3. The smallest absolute Gasteiger partial charge is 0.265 e. The first-order valence-corrected chi connectivity index (χ1v) is 11.3. The number of aryl methyl sites for hydroxylation is 1. The van der Waals surface area contributed by atoms with Gasteiger partial charge in [-0.1, -0.05) is 17.7 Å². The number of amides is 2. The standard InChI is InChI=1S/C20H17N3O5S2/c1-13-2-5-15(6-3-13)30(26,27)22-19(24)9-23-17-8-14(16-11-29-12-21-16)4-7-18(17)28-10-20(23)25/h2-8,11-12H,9-10H2,1H3,(H,22,24). The number of hydrogen-bond donors (Lipinski definition) is 1. The minimum absolute atomic E-state index is 0.0269. The van der Waals surface area contributed by atoms with Crippen molar-refractivity contribution in [1.29, 1.82) is 0 Å². The number of aromatic nitrogens is 1. The van der Waals surface area contributed by atoms with Crippen LogP contribution in [0, 0.1) is 6.92 Å². The summed E-state index contributed by atoms with van der Waals surface area (Å²) in [5.41, 5.74) is 4.46. The van der Waals surface area contributed by atoms with E-state index in [0.29, 0.717) is 11.4 Å². The average molecular weight is 444 g/mol. The van der Waals surface area contributed by atoms with E-state index in [9.17, 15) is 18.0 Å². The van der Waals surface area contributed by atoms with Gasteiger partial charge in [0.1, 0.15) is 12.3 Å². The maximum Gasteiger partial charge on any atom is 0.265 e. The number of thiazole rings is 1. The van der Waals surface area contributed by atoms with E-state index in [1.54, 1.807) is 29.8 Å². The van der Waals surface area contributed by atoms with Crippen LogP contribution in [0.15, 0.2) is 58.3 Å². The van der Waals surface area contributed by atoms with E-state index >= 15 is 0 Å². The van der Waals surface area contributed by atoms with Crippen LogP contribution in [0.2, 0.25) is 0 Å². The highest BCUT2D eigenvalue weighted by atomic mass is 32.2. The molecular weight excluding hydrogens is 426 g/mol. The molecule has 0 aliphatic carbocycles. The average Bonchev–Trinajstić information content (AvgIpc) is 3.24. The fourth-order valence-corrected chi connectivity index (χ4v) is 4.53. The second-order valence-electron chi connectivity index (χ2n) is 6.67. The molecule has 2 aromatic carbocycles. The lowest BCUT2D eigenvalue weighted by molar-refractivity contribution is -0.124. The first kappa shape index (κ1) is 20.0. The number of nitrogens with zero attached hydrogens (tertiary/aromatic N) is 2. The highest BCUT2D eigenvalue weighted by molar-refractivity contribution is 7.90. The molecule has 1 aliphatic rings. The van der Waals surface area contributed by atoms with Crippen molar-refractivity contribution in [3.05, 3.63) is 58.9 Å². The lowest BCUT2D eigenvalue weighted by Gasteiger charge is -2.29. The summed E-state index contributed by atoms with van der Waals surface area (Å²) in [4.78, 5) is 30.4. The molecule has 30 heavy (non-hydrogen) atoms. The van der Waals surface area contributed by atoms with Crippen molar-refractivity contribution < 1.29 is 22.7 Å². The van der Waals surface area contributed by atoms with E-state index in [-0.39, 0.29) is 11.5 Å². The second kappa shape index (κ2) is 7.88. The summed E-state index contributed by atoms with van der Waals surface area (Å²) in [5.74, 6) is -0.834. The number of nitrogens with one attached hydrogen (secondary N) is 1. The van der Waals surface area contributed by atoms with Gasteiger partial charge < -0.3 is 4.74 Å². The van der Waals surface area contributed by atoms with Gasteiger partial charge in [0.05, 0.1) is 21.8 Å². The Hall–Kier alpha value is -3.24. The number of rotatable bonds is 5. The number of benzene rings is 2. The van der Waals surface area contributed by atoms with Crippen molar-refractivity contribution in [2.45, 2.75) is 11.8 Å². The highest BCUT2D eigenvalue weighted by Gasteiger charge is 2.29. The first-order valence-electron chi connectivity index (χ1n) is 8.91. The fourth-order valence-electron chi connectivity index (χ4n) is 2.99. The van der Waals surface area contributed by atoms with E-state index in [4.69, 9.17) is 4.74 Å². The molecule has 0 radical (unpaired) electrons. The van der Waals surface area contributed by atoms with Gasteiger partial charge >= 0.3 is 0 Å². The molecule has 0 spiro atoms. The molecule has 154 valence electrons. The third-order valence-corrected chi connectivity index (χ3v) is 6.49. The Morgan fingerprint density at radius 1 is 1.23 bits per heavy atom. The van der Waals surface area contributed by atoms with Crippen LogP contribution in [0.3, 0.4) is 0 Å². The Morgan fingerprint density at radius 3 is 2.70 bits per heavy atom. The normalized spacial score (nSPS) is 13.5. The van der Waals surface area contributed by atoms with Crippen LogP contribution in [0.1, 0.15) is 5.56 Å². The minimum atomic E-state index is -4.04. The molecule has 0 unspecified atom stereocenters. The van der Waals surface area contributed by atoms with Crippen LogP contribution < -0.4 is 14.4 Å². The van der Waals surface area contributed by atoms with Crippen LogP contribution in [-0.4, -0.2) is 38.4 Å². The Bertz CT molecular complexity index is 1210. The van der Waals surface area contributed by atoms with Crippen LogP contribution >= 0.6 is 11.3 Å². The summed E-state index contributed by atoms with van der Waals surface area (Å²) < 4.78 is 32.4. The summed E-state index contributed by atoms with van der Waals surface area (Å²) in [5, 5.41) is 1.86. The molecule has 0 atom stereocenters. The second-order valence-corrected chi connectivity index (χ2v) is 9.07. The number of carbonyl (C=O) groups excluding carboxylic acids is 2. The van der Waals surface area contributed by atoms with E-state index < -0.39 is 28.4 Å². The van der Waals surface area contributed by atoms with Gasteiger partial charge in [-0.15, -0.1) is 11.3 Å². The fraction of sp³-hybridized carbons (Fsp3) is 0.150. The Labute approximate surface area is 177 Å². The monoisotopic (exact) mass is 443 g/mol. The lowest BCUT2D eigenvalue weighted by atomic mass is 10.1. The SMILES string of the molecule is Cc1ccc(S(=O)(=O)NC(=O)CN2C(=O)COc3ccc(-c4cscn4)cc32)cc1. The maximum atomic E-state index is 12.5. The highest BCUT2D eigenvalue weighted by Crippen LogP contribution is 2.35. The van der Waals surface area contributed by atoms with E-state index in [1.165, 1.54) is 28.4 Å². The molecule has 8 nitrogen and oxygen atoms in total. The van der Waals surface area contributed by atoms with E-state index in [1.807, 2.05) is 23.1 Å². The molecule has 4 rings (SSSR count). The zero-order valence-corrected chi connectivity index (χ0v) is 17.5. The van der Waals surface area contributed by atoms with Crippen molar-refractivity contribution in [3.8, 4) is 17.0 Å². The minimum Gasteiger partial charge on any atom is -0.482 e. The van der Waals surface area contributed by atoms with E-state index in [0.717, 1.165) is 16.8 Å². The van der Waals surface area contributed by atoms with Crippen molar-refractivity contribution in [3.63, 3.8) is 0 Å². The van der Waals surface area contributed by atoms with Gasteiger partial charge in [-0.25, -0.2) is 18.1 Å². The van der Waals surface area contributed by atoms with Gasteiger partial charge in [0.2, 0.25) is 0 Å². The molecule has 10 heteroatoms. The predicted octanol–water partition coefficient (Wildman–Crippen LogP) is 2.35. The summed E-state index contributed by atoms with van der Waals surface area (Å²) in [6.45, 7) is 1.14. The summed E-state index contributed by atoms with van der Waals surface area (Å²) in [7, 11) is -4.04. The lowest BCUT2D eigenvalue weighted by Crippen LogP contribution is -2.46. The van der Waals surface area contributed by atoms with Crippen molar-refractivity contribution >= 4 is 38.9 Å². The van der Waals surface area contributed by atoms with Crippen molar-refractivity contribution in [2.24, 2.45) is 0 Å². The zero-order valence-electron chi connectivity index (χ0n) is 15.9. The molecule has 0 bridgehead atoms. The maximum absolute atomic E-state index is 12.5. The number of anilines is 1. The zero-order chi connectivity index (χ0) is 21.3. The molecule has 0 saturated carbocycles. The van der Waals surface area contributed by atoms with Gasteiger partial charge in [-0.3, -0.25) is 14.5 Å². The largest absolute Gasteiger partial charge is 0.482 e. The van der Waals surface area contributed by atoms with Crippen LogP contribution in [0.25, 0.3) is 11.3 Å². The van der Waals surface area contributed by atoms with Crippen molar-refractivity contribution in [1.82, 2.24) is 9.71 Å². The van der Waals surface area contributed by atoms with Crippen LogP contribution in [0.4, 0.5) is 5.69 Å². The Balaban J connectivity index is 1.57. The van der Waals surface area contributed by atoms with Gasteiger partial charge in [-0.2, -0.15) is 0 Å². The van der Waals surface area contributed by atoms with Gasteiger partial charge in [0.25, 0.3) is 21.8 Å². The topological polar surface area (TPSA) is 106 Å². The van der Waals surface area contributed by atoms with Crippen LogP contribution in [-0.2, 0) is 19.6 Å². The molecule has 1 N–H and O–H groups in total. The summed E-state index contributed by atoms with van der Waals surface area (Å²) in [6.07, 6.45) is 0. The molecule has 0 fully saturated rings. The third-order valence-electron chi connectivity index (χ3n) is 4.51. The van der Waals surface area contributed by atoms with E-state index in [2.05, 4.69) is 4.98 Å². The van der Waals surface area contributed by atoms with Gasteiger partial charge in [0.15, 0.2) is 6.61 Å². The van der Waals surface area contributed by atoms with Crippen molar-refractivity contribution in [2.75, 3.05) is 18.1 Å². The number of carbonyl (C=O) groups is 2. The number of sulfonamides is 1. The molecular formula is C20H17N3O5S2. The molecule has 2 heterocycles. The van der Waals surface area contributed by atoms with Gasteiger partial charge in [0, 0.05) is 10.9 Å².